The molecule has 1 saturated heterocycles. The number of hydrogen-bond acceptors (Lipinski definition) is 7. The van der Waals surface area contributed by atoms with E-state index in [-0.39, 0.29) is 35.6 Å². The van der Waals surface area contributed by atoms with Crippen LogP contribution in [0.15, 0.2) is 48.5 Å². The zero-order chi connectivity index (χ0) is 40.8. The zero-order valence-electron chi connectivity index (χ0n) is 30.3. The fourth-order valence-electron chi connectivity index (χ4n) is 7.69. The lowest BCUT2D eigenvalue weighted by atomic mass is 9.89. The molecule has 11 nitrogen and oxygen atoms in total. The lowest BCUT2D eigenvalue weighted by molar-refractivity contribution is -0.142. The number of hydrogen-bond donors (Lipinski definition) is 2. The molecule has 3 atom stereocenters. The summed E-state index contributed by atoms with van der Waals surface area (Å²) in [5, 5.41) is 10.9. The minimum absolute atomic E-state index is 0.0179. The molecule has 5 aromatic rings. The van der Waals surface area contributed by atoms with Gasteiger partial charge in [-0.2, -0.15) is 32.1 Å². The van der Waals surface area contributed by atoms with Gasteiger partial charge in [0.05, 0.1) is 42.1 Å². The number of nitrogens with zero attached hydrogens (tertiary/aromatic N) is 5. The quantitative estimate of drug-likeness (QED) is 0.134. The fraction of sp³-hybridized carbons (Fsp3) is 0.368. The lowest BCUT2D eigenvalue weighted by Crippen LogP contribution is -2.38. The molecule has 1 amide bonds. The summed E-state index contributed by atoms with van der Waals surface area (Å²) in [4.78, 5) is 18.7. The van der Waals surface area contributed by atoms with E-state index in [0.717, 1.165) is 18.4 Å². The van der Waals surface area contributed by atoms with Gasteiger partial charge in [-0.25, -0.2) is 22.2 Å². The molecule has 8 rings (SSSR count). The number of amides is 1. The summed E-state index contributed by atoms with van der Waals surface area (Å²) < 4.78 is 136. The van der Waals surface area contributed by atoms with Crippen LogP contribution in [-0.4, -0.2) is 58.3 Å². The number of carbonyl (C=O) groups excluding carboxylic acids is 1. The van der Waals surface area contributed by atoms with Crippen LogP contribution in [0.5, 0.6) is 0 Å². The van der Waals surface area contributed by atoms with Crippen molar-refractivity contribution < 1.29 is 48.7 Å². The van der Waals surface area contributed by atoms with Crippen molar-refractivity contribution in [2.45, 2.75) is 50.4 Å². The number of carbonyl (C=O) groups is 1. The molecule has 57 heavy (non-hydrogen) atoms. The number of para-hydroxylation sites is 1. The van der Waals surface area contributed by atoms with Crippen molar-refractivity contribution in [1.82, 2.24) is 29.9 Å². The van der Waals surface area contributed by atoms with Crippen molar-refractivity contribution in [3.63, 3.8) is 0 Å². The van der Waals surface area contributed by atoms with Gasteiger partial charge in [0.15, 0.2) is 11.5 Å². The average Bonchev–Trinajstić information content (AvgIpc) is 3.64. The second-order valence-electron chi connectivity index (χ2n) is 14.9. The van der Waals surface area contributed by atoms with E-state index >= 15 is 8.78 Å². The highest BCUT2D eigenvalue weighted by molar-refractivity contribution is 7.92. The molecule has 2 fully saturated rings. The first-order valence-electron chi connectivity index (χ1n) is 17.6. The van der Waals surface area contributed by atoms with Gasteiger partial charge in [0.2, 0.25) is 15.9 Å². The monoisotopic (exact) mass is 815 g/mol. The molecule has 2 aromatic carbocycles. The van der Waals surface area contributed by atoms with E-state index in [9.17, 15) is 35.2 Å². The van der Waals surface area contributed by atoms with Crippen LogP contribution in [0.1, 0.15) is 59.2 Å². The van der Waals surface area contributed by atoms with Crippen LogP contribution in [0, 0.1) is 34.8 Å². The maximum absolute atomic E-state index is 15.4. The fourth-order valence-corrected chi connectivity index (χ4v) is 8.19. The minimum atomic E-state index is -5.06. The van der Waals surface area contributed by atoms with Gasteiger partial charge in [-0.1, -0.05) is 18.1 Å². The van der Waals surface area contributed by atoms with Gasteiger partial charge in [-0.3, -0.25) is 18.9 Å². The predicted octanol–water partition coefficient (Wildman–Crippen LogP) is 6.20. The number of rotatable bonds is 9. The minimum Gasteiger partial charge on any atom is -0.378 e. The first-order chi connectivity index (χ1) is 26.7. The Morgan fingerprint density at radius 3 is 2.44 bits per heavy atom. The van der Waals surface area contributed by atoms with Crippen molar-refractivity contribution in [2.75, 3.05) is 24.2 Å². The SMILES string of the molecule is Cn1nc(NS(C)(=O)=O)c2cccc(-c3ccc(C#CC4(C)COC4)nc3[C@H](Cc3cc(F)cc(F)c3)NC(=O)Cn3nc(C(F)(F)F)c4c3C(F)(F)C3C[C@H]43)c21. The average molecular weight is 816 g/mol. The Labute approximate surface area is 320 Å². The number of halogens is 7. The summed E-state index contributed by atoms with van der Waals surface area (Å²) in [7, 11) is -2.19. The number of pyridine rings is 1. The number of ether oxygens (including phenoxy) is 1. The van der Waals surface area contributed by atoms with Gasteiger partial charge in [0, 0.05) is 41.1 Å². The van der Waals surface area contributed by atoms with E-state index in [1.165, 1.54) is 4.68 Å². The Morgan fingerprint density at radius 2 is 1.79 bits per heavy atom. The molecule has 1 unspecified atom stereocenters. The van der Waals surface area contributed by atoms with Crippen LogP contribution in [-0.2, 0) is 51.7 Å². The van der Waals surface area contributed by atoms with E-state index in [4.69, 9.17) is 9.72 Å². The van der Waals surface area contributed by atoms with E-state index in [1.807, 2.05) is 6.92 Å². The van der Waals surface area contributed by atoms with Gasteiger partial charge in [-0.15, -0.1) is 0 Å². The summed E-state index contributed by atoms with van der Waals surface area (Å²) in [5.41, 5.74) is -2.04. The number of benzene rings is 2. The third kappa shape index (κ3) is 7.20. The Balaban J connectivity index is 1.26. The van der Waals surface area contributed by atoms with Crippen molar-refractivity contribution >= 4 is 32.7 Å². The topological polar surface area (TPSA) is 133 Å². The number of fused-ring (bicyclic) bond motifs is 4. The molecule has 0 bridgehead atoms. The van der Waals surface area contributed by atoms with Gasteiger partial charge in [0.25, 0.3) is 5.92 Å². The van der Waals surface area contributed by atoms with Crippen LogP contribution in [0.3, 0.4) is 0 Å². The largest absolute Gasteiger partial charge is 0.435 e. The van der Waals surface area contributed by atoms with Crippen LogP contribution < -0.4 is 10.0 Å². The molecule has 4 heterocycles. The zero-order valence-corrected chi connectivity index (χ0v) is 31.1. The molecule has 1 saturated carbocycles. The highest BCUT2D eigenvalue weighted by Gasteiger charge is 2.68. The second kappa shape index (κ2) is 13.3. The predicted molar refractivity (Wildman–Crippen MR) is 191 cm³/mol. The highest BCUT2D eigenvalue weighted by atomic mass is 32.2. The standard InChI is InChI=1S/C38H32F7N7O4S/c1-36(17-56-18-36)10-9-22-7-8-23(24-5-4-6-25-32(24)51(2)49-35(25)50-57(3,54)55)31(46-22)28(13-19-11-20(39)14-21(40)12-19)47-29(53)16-52-34-30(33(48-52)38(43,44)45)26-15-27(26)37(34,41)42/h4-8,11-12,14,26-28H,13,15-18H2,1-3H3,(H,47,53)(H,49,50)/t26-,27?,28-/m0/s1. The Bertz CT molecular complexity index is 2640. The van der Waals surface area contributed by atoms with Crippen molar-refractivity contribution in [2.24, 2.45) is 18.4 Å². The molecule has 2 aliphatic carbocycles. The van der Waals surface area contributed by atoms with Crippen LogP contribution in [0.25, 0.3) is 22.0 Å². The van der Waals surface area contributed by atoms with Gasteiger partial charge in [-0.05, 0) is 67.5 Å². The normalized spacial score (nSPS) is 19.5. The maximum Gasteiger partial charge on any atom is 0.435 e. The van der Waals surface area contributed by atoms with E-state index < -0.39 is 86.5 Å². The molecule has 3 aromatic heterocycles. The molecule has 2 N–H and O–H groups in total. The lowest BCUT2D eigenvalue weighted by Gasteiger charge is -2.32. The first kappa shape index (κ1) is 38.4. The summed E-state index contributed by atoms with van der Waals surface area (Å²) in [6.45, 7) is 1.57. The number of anilines is 1. The second-order valence-corrected chi connectivity index (χ2v) is 16.7. The molecule has 19 heteroatoms. The molecule has 3 aliphatic rings. The number of nitrogens with one attached hydrogen (secondary N) is 2. The molecule has 1 aliphatic heterocycles. The number of alkyl halides is 5. The van der Waals surface area contributed by atoms with E-state index in [0.29, 0.717) is 46.0 Å². The Kier molecular flexibility index (Phi) is 8.96. The first-order valence-corrected chi connectivity index (χ1v) is 19.5. The maximum atomic E-state index is 15.4. The van der Waals surface area contributed by atoms with E-state index in [2.05, 4.69) is 32.1 Å². The molecule has 0 spiro atoms. The summed E-state index contributed by atoms with van der Waals surface area (Å²) in [6, 6.07) is 9.53. The van der Waals surface area contributed by atoms with Crippen LogP contribution in [0.4, 0.5) is 36.6 Å². The summed E-state index contributed by atoms with van der Waals surface area (Å²) in [5.74, 6) is -2.80. The molecular weight excluding hydrogens is 784 g/mol. The number of aromatic nitrogens is 5. The summed E-state index contributed by atoms with van der Waals surface area (Å²) >= 11 is 0. The van der Waals surface area contributed by atoms with Crippen molar-refractivity contribution in [1.29, 1.82) is 0 Å². The van der Waals surface area contributed by atoms with E-state index in [1.54, 1.807) is 37.4 Å². The van der Waals surface area contributed by atoms with Crippen molar-refractivity contribution in [3.8, 4) is 23.0 Å². The van der Waals surface area contributed by atoms with Gasteiger partial charge in [0.1, 0.15) is 29.6 Å². The van der Waals surface area contributed by atoms with Gasteiger partial charge >= 0.3 is 6.18 Å². The van der Waals surface area contributed by atoms with Crippen LogP contribution in [0.2, 0.25) is 0 Å². The summed E-state index contributed by atoms with van der Waals surface area (Å²) in [6.07, 6.45) is -4.57. The highest BCUT2D eigenvalue weighted by Crippen LogP contribution is 2.68. The number of sulfonamides is 1. The Hall–Kier alpha value is -5.48. The third-order valence-electron chi connectivity index (χ3n) is 10.2. The molecule has 0 radical (unpaired) electrons. The Morgan fingerprint density at radius 1 is 1.07 bits per heavy atom. The molecular formula is C38H32F7N7O4S. The van der Waals surface area contributed by atoms with Gasteiger partial charge < -0.3 is 10.1 Å². The van der Waals surface area contributed by atoms with Crippen molar-refractivity contribution in [3.05, 3.63) is 94.1 Å². The van der Waals surface area contributed by atoms with Crippen LogP contribution >= 0.6 is 0 Å². The third-order valence-corrected chi connectivity index (χ3v) is 10.8. The number of aryl methyl sites for hydroxylation is 1. The smallest absolute Gasteiger partial charge is 0.378 e. The molecule has 298 valence electrons.